The van der Waals surface area contributed by atoms with Gasteiger partial charge >= 0.3 is 0 Å². The number of nitrogens with zero attached hydrogens (tertiary/aromatic N) is 1. The van der Waals surface area contributed by atoms with E-state index in [1.54, 1.807) is 18.3 Å². The van der Waals surface area contributed by atoms with Gasteiger partial charge in [-0.15, -0.1) is 0 Å². The highest BCUT2D eigenvalue weighted by Gasteiger charge is 2.05. The Balaban J connectivity index is 1.75. The van der Waals surface area contributed by atoms with Gasteiger partial charge in [0, 0.05) is 24.3 Å². The topological polar surface area (TPSA) is 93.0 Å². The smallest absolute Gasteiger partial charge is 0.258 e. The molecule has 1 amide bonds. The van der Waals surface area contributed by atoms with Crippen molar-refractivity contribution in [3.8, 4) is 5.75 Å². The Morgan fingerprint density at radius 2 is 2.15 bits per heavy atom. The molecule has 20 heavy (non-hydrogen) atoms. The summed E-state index contributed by atoms with van der Waals surface area (Å²) in [5.74, 6) is 0.477. The summed E-state index contributed by atoms with van der Waals surface area (Å²) in [7, 11) is 0. The van der Waals surface area contributed by atoms with Crippen LogP contribution in [0.5, 0.6) is 5.75 Å². The summed E-state index contributed by atoms with van der Waals surface area (Å²) in [6.07, 6.45) is 1.70. The molecule has 2 aromatic rings. The van der Waals surface area contributed by atoms with E-state index in [4.69, 9.17) is 10.5 Å². The molecule has 1 aromatic heterocycles. The monoisotopic (exact) mass is 274 g/mol. The van der Waals surface area contributed by atoms with Crippen LogP contribution >= 0.6 is 0 Å². The summed E-state index contributed by atoms with van der Waals surface area (Å²) in [4.78, 5) is 11.7. The van der Waals surface area contributed by atoms with Gasteiger partial charge in [-0.2, -0.15) is 5.10 Å². The SMILES string of the molecule is Cc1[nH]ncc1CNC(=O)COc1ccc(CN)cc1. The highest BCUT2D eigenvalue weighted by molar-refractivity contribution is 5.77. The van der Waals surface area contributed by atoms with Crippen LogP contribution in [-0.4, -0.2) is 22.7 Å². The molecule has 0 saturated heterocycles. The van der Waals surface area contributed by atoms with Gasteiger partial charge in [-0.3, -0.25) is 9.89 Å². The zero-order valence-electron chi connectivity index (χ0n) is 11.3. The number of carbonyl (C=O) groups is 1. The maximum Gasteiger partial charge on any atom is 0.258 e. The van der Waals surface area contributed by atoms with Crippen LogP contribution in [0.3, 0.4) is 0 Å². The Kier molecular flexibility index (Phi) is 4.73. The van der Waals surface area contributed by atoms with Crippen LogP contribution in [0.25, 0.3) is 0 Å². The highest BCUT2D eigenvalue weighted by Crippen LogP contribution is 2.11. The third-order valence-electron chi connectivity index (χ3n) is 2.94. The summed E-state index contributed by atoms with van der Waals surface area (Å²) < 4.78 is 5.39. The standard InChI is InChI=1S/C14H18N4O2/c1-10-12(8-17-18-10)7-16-14(19)9-20-13-4-2-11(6-15)3-5-13/h2-5,8H,6-7,9,15H2,1H3,(H,16,19)(H,17,18). The molecule has 6 heteroatoms. The van der Waals surface area contributed by atoms with Crippen molar-refractivity contribution < 1.29 is 9.53 Å². The van der Waals surface area contributed by atoms with E-state index in [-0.39, 0.29) is 12.5 Å². The van der Waals surface area contributed by atoms with Crippen LogP contribution in [0.2, 0.25) is 0 Å². The lowest BCUT2D eigenvalue weighted by atomic mass is 10.2. The van der Waals surface area contributed by atoms with Gasteiger partial charge in [0.1, 0.15) is 5.75 Å². The second-order valence-electron chi connectivity index (χ2n) is 4.43. The first kappa shape index (κ1) is 14.1. The zero-order chi connectivity index (χ0) is 14.4. The summed E-state index contributed by atoms with van der Waals surface area (Å²) in [6, 6.07) is 7.36. The second kappa shape index (κ2) is 6.72. The lowest BCUT2D eigenvalue weighted by Crippen LogP contribution is -2.28. The van der Waals surface area contributed by atoms with E-state index in [1.807, 2.05) is 19.1 Å². The quantitative estimate of drug-likeness (QED) is 0.728. The lowest BCUT2D eigenvalue weighted by Gasteiger charge is -2.07. The number of aromatic nitrogens is 2. The number of benzene rings is 1. The number of hydrogen-bond donors (Lipinski definition) is 3. The third-order valence-corrected chi connectivity index (χ3v) is 2.94. The van der Waals surface area contributed by atoms with E-state index in [0.717, 1.165) is 16.8 Å². The van der Waals surface area contributed by atoms with Crippen LogP contribution in [0.15, 0.2) is 30.5 Å². The van der Waals surface area contributed by atoms with E-state index < -0.39 is 0 Å². The van der Waals surface area contributed by atoms with E-state index in [2.05, 4.69) is 15.5 Å². The Bertz CT molecular complexity index is 563. The normalized spacial score (nSPS) is 10.3. The van der Waals surface area contributed by atoms with Crippen LogP contribution in [-0.2, 0) is 17.9 Å². The van der Waals surface area contributed by atoms with Gasteiger partial charge in [0.15, 0.2) is 6.61 Å². The second-order valence-corrected chi connectivity index (χ2v) is 4.43. The van der Waals surface area contributed by atoms with Gasteiger partial charge in [-0.1, -0.05) is 12.1 Å². The van der Waals surface area contributed by atoms with Crippen molar-refractivity contribution in [2.24, 2.45) is 5.73 Å². The van der Waals surface area contributed by atoms with Gasteiger partial charge in [0.2, 0.25) is 0 Å². The molecule has 4 N–H and O–H groups in total. The predicted octanol–water partition coefficient (Wildman–Crippen LogP) is 0.872. The number of carbonyl (C=O) groups excluding carboxylic acids is 1. The van der Waals surface area contributed by atoms with Gasteiger partial charge in [0.05, 0.1) is 6.20 Å². The molecule has 0 unspecified atom stereocenters. The van der Waals surface area contributed by atoms with Crippen LogP contribution in [0.1, 0.15) is 16.8 Å². The number of aromatic amines is 1. The largest absolute Gasteiger partial charge is 0.484 e. The van der Waals surface area contributed by atoms with E-state index >= 15 is 0 Å². The first-order chi connectivity index (χ1) is 9.69. The van der Waals surface area contributed by atoms with E-state index in [0.29, 0.717) is 18.8 Å². The van der Waals surface area contributed by atoms with Crippen molar-refractivity contribution in [2.75, 3.05) is 6.61 Å². The summed E-state index contributed by atoms with van der Waals surface area (Å²) >= 11 is 0. The molecule has 0 saturated carbocycles. The van der Waals surface area contributed by atoms with E-state index in [1.165, 1.54) is 0 Å². The highest BCUT2D eigenvalue weighted by atomic mass is 16.5. The zero-order valence-corrected chi connectivity index (χ0v) is 11.3. The number of nitrogens with two attached hydrogens (primary N) is 1. The molecule has 0 atom stereocenters. The minimum absolute atomic E-state index is 0.0150. The minimum Gasteiger partial charge on any atom is -0.484 e. The molecule has 0 aliphatic carbocycles. The van der Waals surface area contributed by atoms with Crippen molar-refractivity contribution in [3.63, 3.8) is 0 Å². The van der Waals surface area contributed by atoms with Gasteiger partial charge in [-0.25, -0.2) is 0 Å². The molecule has 0 fully saturated rings. The summed E-state index contributed by atoms with van der Waals surface area (Å²) in [5, 5.41) is 9.48. The third kappa shape index (κ3) is 3.83. The number of aryl methyl sites for hydroxylation is 1. The molecule has 2 rings (SSSR count). The Morgan fingerprint density at radius 3 is 2.75 bits per heavy atom. The van der Waals surface area contributed by atoms with Crippen molar-refractivity contribution in [1.82, 2.24) is 15.5 Å². The first-order valence-electron chi connectivity index (χ1n) is 6.36. The number of rotatable bonds is 6. The molecule has 1 aromatic carbocycles. The molecule has 1 heterocycles. The fraction of sp³-hybridized carbons (Fsp3) is 0.286. The molecule has 6 nitrogen and oxygen atoms in total. The average molecular weight is 274 g/mol. The first-order valence-corrected chi connectivity index (χ1v) is 6.36. The summed E-state index contributed by atoms with van der Waals surface area (Å²) in [5.41, 5.74) is 8.44. The Labute approximate surface area is 117 Å². The number of nitrogens with one attached hydrogen (secondary N) is 2. The minimum atomic E-state index is -0.173. The fourth-order valence-electron chi connectivity index (χ4n) is 1.67. The molecule has 0 spiro atoms. The van der Waals surface area contributed by atoms with Gasteiger partial charge in [-0.05, 0) is 24.6 Å². The Hall–Kier alpha value is -2.34. The van der Waals surface area contributed by atoms with Crippen LogP contribution in [0, 0.1) is 6.92 Å². The number of amides is 1. The average Bonchev–Trinajstić information content (AvgIpc) is 2.89. The molecule has 106 valence electrons. The molecular formula is C14H18N4O2. The maximum absolute atomic E-state index is 11.7. The predicted molar refractivity (Wildman–Crippen MR) is 75.0 cm³/mol. The van der Waals surface area contributed by atoms with Crippen molar-refractivity contribution in [2.45, 2.75) is 20.0 Å². The van der Waals surface area contributed by atoms with Crippen LogP contribution in [0.4, 0.5) is 0 Å². The number of hydrogen-bond acceptors (Lipinski definition) is 4. The number of ether oxygens (including phenoxy) is 1. The van der Waals surface area contributed by atoms with Crippen molar-refractivity contribution in [1.29, 1.82) is 0 Å². The van der Waals surface area contributed by atoms with Crippen molar-refractivity contribution in [3.05, 3.63) is 47.3 Å². The van der Waals surface area contributed by atoms with E-state index in [9.17, 15) is 4.79 Å². The van der Waals surface area contributed by atoms with Gasteiger partial charge < -0.3 is 15.8 Å². The molecule has 0 bridgehead atoms. The lowest BCUT2D eigenvalue weighted by molar-refractivity contribution is -0.123. The molecular weight excluding hydrogens is 256 g/mol. The Morgan fingerprint density at radius 1 is 1.40 bits per heavy atom. The molecule has 0 aliphatic rings. The van der Waals surface area contributed by atoms with Crippen molar-refractivity contribution >= 4 is 5.91 Å². The van der Waals surface area contributed by atoms with Crippen LogP contribution < -0.4 is 15.8 Å². The molecule has 0 radical (unpaired) electrons. The van der Waals surface area contributed by atoms with Gasteiger partial charge in [0.25, 0.3) is 5.91 Å². The molecule has 0 aliphatic heterocycles. The number of H-pyrrole nitrogens is 1. The fourth-order valence-corrected chi connectivity index (χ4v) is 1.67. The maximum atomic E-state index is 11.7. The summed E-state index contributed by atoms with van der Waals surface area (Å²) in [6.45, 7) is 2.82.